The molecule has 0 aliphatic heterocycles. The van der Waals surface area contributed by atoms with Crippen molar-refractivity contribution in [3.05, 3.63) is 51.3 Å². The van der Waals surface area contributed by atoms with Crippen molar-refractivity contribution in [1.29, 1.82) is 0 Å². The molecule has 0 aliphatic rings. The number of halogens is 6. The van der Waals surface area contributed by atoms with Crippen LogP contribution < -0.4 is 10.6 Å². The van der Waals surface area contributed by atoms with E-state index in [0.717, 1.165) is 10.2 Å². The number of aryl methyl sites for hydroxylation is 1. The van der Waals surface area contributed by atoms with Crippen molar-refractivity contribution >= 4 is 53.1 Å². The van der Waals surface area contributed by atoms with E-state index in [1.165, 1.54) is 13.2 Å². The predicted molar refractivity (Wildman–Crippen MR) is 112 cm³/mol. The minimum Gasteiger partial charge on any atom is -0.357 e. The van der Waals surface area contributed by atoms with Gasteiger partial charge in [-0.05, 0) is 24.6 Å². The molecule has 0 radical (unpaired) electrons. The van der Waals surface area contributed by atoms with Crippen LogP contribution in [0.3, 0.4) is 0 Å². The molecule has 0 saturated heterocycles. The van der Waals surface area contributed by atoms with Gasteiger partial charge in [0.1, 0.15) is 0 Å². The lowest BCUT2D eigenvalue weighted by molar-refractivity contribution is -0.142. The number of nitrogens with one attached hydrogen (secondary N) is 2. The summed E-state index contributed by atoms with van der Waals surface area (Å²) in [4.78, 5) is 4.21. The van der Waals surface area contributed by atoms with E-state index < -0.39 is 11.9 Å². The van der Waals surface area contributed by atoms with Gasteiger partial charge in [-0.2, -0.15) is 18.3 Å². The van der Waals surface area contributed by atoms with E-state index in [2.05, 4.69) is 20.7 Å². The molecule has 27 heavy (non-hydrogen) atoms. The minimum absolute atomic E-state index is 0. The van der Waals surface area contributed by atoms with Gasteiger partial charge >= 0.3 is 6.18 Å². The van der Waals surface area contributed by atoms with E-state index in [1.807, 2.05) is 6.92 Å². The number of nitrogens with zero attached hydrogens (tertiary/aromatic N) is 3. The summed E-state index contributed by atoms with van der Waals surface area (Å²) >= 11 is 12.0. The Hall–Kier alpha value is -1.20. The molecule has 2 N–H and O–H groups in total. The van der Waals surface area contributed by atoms with E-state index >= 15 is 0 Å². The molecule has 0 amide bonds. The number of rotatable bonds is 5. The van der Waals surface area contributed by atoms with E-state index in [1.54, 1.807) is 18.2 Å². The number of aromatic nitrogens is 2. The molecule has 0 bridgehead atoms. The van der Waals surface area contributed by atoms with Crippen LogP contribution in [0.1, 0.15) is 23.7 Å². The molecule has 0 spiro atoms. The normalized spacial score (nSPS) is 11.9. The van der Waals surface area contributed by atoms with Crippen LogP contribution in [0, 0.1) is 0 Å². The van der Waals surface area contributed by atoms with E-state index in [9.17, 15) is 13.2 Å². The molecule has 2 aromatic rings. The summed E-state index contributed by atoms with van der Waals surface area (Å²) in [7, 11) is 1.44. The highest BCUT2D eigenvalue weighted by molar-refractivity contribution is 14.0. The molecule has 2 rings (SSSR count). The van der Waals surface area contributed by atoms with Gasteiger partial charge < -0.3 is 10.6 Å². The molecule has 150 valence electrons. The smallest absolute Gasteiger partial charge is 0.357 e. The Morgan fingerprint density at radius 1 is 1.22 bits per heavy atom. The van der Waals surface area contributed by atoms with Crippen molar-refractivity contribution in [2.24, 2.45) is 12.0 Å². The lowest BCUT2D eigenvalue weighted by Crippen LogP contribution is -2.36. The van der Waals surface area contributed by atoms with Crippen molar-refractivity contribution < 1.29 is 13.2 Å². The molecule has 5 nitrogen and oxygen atoms in total. The van der Waals surface area contributed by atoms with Crippen molar-refractivity contribution in [2.75, 3.05) is 6.54 Å². The van der Waals surface area contributed by atoms with Gasteiger partial charge in [-0.3, -0.25) is 4.68 Å². The Labute approximate surface area is 182 Å². The quantitative estimate of drug-likeness (QED) is 0.334. The number of guanidine groups is 1. The Kier molecular flexibility index (Phi) is 9.16. The highest BCUT2D eigenvalue weighted by atomic mass is 127. The average molecular weight is 536 g/mol. The first-order valence-electron chi connectivity index (χ1n) is 7.76. The SMILES string of the molecule is CCNC(=NCc1cn(C)nc1C(F)(F)F)NCc1ccc(Cl)cc1Cl.I. The zero-order chi connectivity index (χ0) is 19.3. The van der Waals surface area contributed by atoms with Crippen molar-refractivity contribution in [3.8, 4) is 0 Å². The summed E-state index contributed by atoms with van der Waals surface area (Å²) in [5.41, 5.74) is -0.138. The van der Waals surface area contributed by atoms with E-state index in [-0.39, 0.29) is 36.1 Å². The molecule has 1 aromatic heterocycles. The summed E-state index contributed by atoms with van der Waals surface area (Å²) in [5.74, 6) is 0.371. The maximum absolute atomic E-state index is 13.0. The van der Waals surface area contributed by atoms with Gasteiger partial charge in [-0.15, -0.1) is 24.0 Å². The molecule has 0 unspecified atom stereocenters. The average Bonchev–Trinajstić information content (AvgIpc) is 2.92. The number of alkyl halides is 3. The summed E-state index contributed by atoms with van der Waals surface area (Å²) < 4.78 is 40.1. The zero-order valence-electron chi connectivity index (χ0n) is 14.6. The molecule has 1 heterocycles. The maximum atomic E-state index is 13.0. The monoisotopic (exact) mass is 535 g/mol. The van der Waals surface area contributed by atoms with Gasteiger partial charge in [0.2, 0.25) is 0 Å². The van der Waals surface area contributed by atoms with Gasteiger partial charge in [0, 0.05) is 41.9 Å². The Morgan fingerprint density at radius 2 is 1.93 bits per heavy atom. The molecule has 11 heteroatoms. The zero-order valence-corrected chi connectivity index (χ0v) is 18.4. The molecular formula is C16H19Cl2F3IN5. The van der Waals surface area contributed by atoms with Gasteiger partial charge in [-0.25, -0.2) is 4.99 Å². The predicted octanol–water partition coefficient (Wildman–Crippen LogP) is 4.62. The van der Waals surface area contributed by atoms with Crippen molar-refractivity contribution in [1.82, 2.24) is 20.4 Å². The fourth-order valence-corrected chi connectivity index (χ4v) is 2.72. The molecular weight excluding hydrogens is 517 g/mol. The molecule has 0 aliphatic carbocycles. The summed E-state index contributed by atoms with van der Waals surface area (Å²) in [6.07, 6.45) is -3.21. The second-order valence-electron chi connectivity index (χ2n) is 5.46. The summed E-state index contributed by atoms with van der Waals surface area (Å²) in [5, 5.41) is 10.5. The minimum atomic E-state index is -4.52. The summed E-state index contributed by atoms with van der Waals surface area (Å²) in [6.45, 7) is 2.60. The van der Waals surface area contributed by atoms with Crippen LogP contribution in [0.4, 0.5) is 13.2 Å². The standard InChI is InChI=1S/C16H18Cl2F3N5.HI/c1-3-22-15(23-7-10-4-5-12(17)6-13(10)18)24-8-11-9-26(2)25-14(11)16(19,20)21;/h4-6,9H,3,7-8H2,1-2H3,(H2,22,23,24);1H. The van der Waals surface area contributed by atoms with Crippen LogP contribution in [-0.2, 0) is 26.3 Å². The van der Waals surface area contributed by atoms with Gasteiger partial charge in [0.05, 0.1) is 6.54 Å². The van der Waals surface area contributed by atoms with Crippen LogP contribution in [0.5, 0.6) is 0 Å². The highest BCUT2D eigenvalue weighted by Crippen LogP contribution is 2.30. The molecule has 0 fully saturated rings. The van der Waals surface area contributed by atoms with Crippen molar-refractivity contribution in [2.45, 2.75) is 26.2 Å². The van der Waals surface area contributed by atoms with Gasteiger partial charge in [-0.1, -0.05) is 29.3 Å². The van der Waals surface area contributed by atoms with Gasteiger partial charge in [0.25, 0.3) is 0 Å². The number of hydrogen-bond donors (Lipinski definition) is 2. The third-order valence-corrected chi connectivity index (χ3v) is 3.97. The lowest BCUT2D eigenvalue weighted by atomic mass is 10.2. The lowest BCUT2D eigenvalue weighted by Gasteiger charge is -2.12. The second-order valence-corrected chi connectivity index (χ2v) is 6.30. The highest BCUT2D eigenvalue weighted by Gasteiger charge is 2.36. The van der Waals surface area contributed by atoms with Crippen LogP contribution in [-0.4, -0.2) is 22.3 Å². The number of benzene rings is 1. The first-order valence-corrected chi connectivity index (χ1v) is 8.52. The first kappa shape index (κ1) is 23.8. The van der Waals surface area contributed by atoms with Crippen LogP contribution in [0.25, 0.3) is 0 Å². The maximum Gasteiger partial charge on any atom is 0.435 e. The fraction of sp³-hybridized carbons (Fsp3) is 0.375. The Balaban J connectivity index is 0.00000364. The van der Waals surface area contributed by atoms with Crippen LogP contribution >= 0.6 is 47.2 Å². The third kappa shape index (κ3) is 7.04. The van der Waals surface area contributed by atoms with E-state index in [4.69, 9.17) is 23.2 Å². The first-order chi connectivity index (χ1) is 12.2. The fourth-order valence-electron chi connectivity index (χ4n) is 2.24. The molecule has 0 atom stereocenters. The Morgan fingerprint density at radius 3 is 2.52 bits per heavy atom. The molecule has 1 aromatic carbocycles. The topological polar surface area (TPSA) is 54.2 Å². The van der Waals surface area contributed by atoms with Crippen molar-refractivity contribution in [3.63, 3.8) is 0 Å². The summed E-state index contributed by atoms with van der Waals surface area (Å²) in [6, 6.07) is 5.10. The number of hydrogen-bond acceptors (Lipinski definition) is 2. The van der Waals surface area contributed by atoms with Gasteiger partial charge in [0.15, 0.2) is 11.7 Å². The second kappa shape index (κ2) is 10.4. The Bertz CT molecular complexity index is 793. The number of aliphatic imine (C=N–C) groups is 1. The van der Waals surface area contributed by atoms with Crippen LogP contribution in [0.15, 0.2) is 29.4 Å². The molecule has 0 saturated carbocycles. The van der Waals surface area contributed by atoms with Crippen LogP contribution in [0.2, 0.25) is 10.0 Å². The third-order valence-electron chi connectivity index (χ3n) is 3.39. The van der Waals surface area contributed by atoms with E-state index in [0.29, 0.717) is 29.1 Å². The largest absolute Gasteiger partial charge is 0.435 e.